The first-order valence-electron chi connectivity index (χ1n) is 6.75. The average Bonchev–Trinajstić information content (AvgIpc) is 2.29. The van der Waals surface area contributed by atoms with Gasteiger partial charge in [-0.15, -0.1) is 0 Å². The molecule has 1 fully saturated rings. The second-order valence-corrected chi connectivity index (χ2v) is 4.67. The number of carbonyl (C=O) groups is 2. The molecule has 1 unspecified atom stereocenters. The van der Waals surface area contributed by atoms with Crippen molar-refractivity contribution in [2.24, 2.45) is 0 Å². The van der Waals surface area contributed by atoms with Crippen LogP contribution in [0.2, 0.25) is 0 Å². The Hall–Kier alpha value is -1.10. The number of rotatable bonds is 5. The lowest BCUT2D eigenvalue weighted by atomic mass is 10.1. The largest absolute Gasteiger partial charge is 0.466 e. The summed E-state index contributed by atoms with van der Waals surface area (Å²) >= 11 is 0. The molecule has 0 aromatic carbocycles. The highest BCUT2D eigenvalue weighted by Gasteiger charge is 2.20. The van der Waals surface area contributed by atoms with E-state index in [4.69, 9.17) is 4.74 Å². The Kier molecular flexibility index (Phi) is 6.72. The van der Waals surface area contributed by atoms with E-state index in [0.717, 1.165) is 25.7 Å². The third-order valence-electron chi connectivity index (χ3n) is 3.06. The molecule has 1 rings (SSSR count). The van der Waals surface area contributed by atoms with Crippen LogP contribution in [-0.4, -0.2) is 47.7 Å². The SMILES string of the molecule is CCOC(=O)CC(O)CN1CCCCCCC1=O. The van der Waals surface area contributed by atoms with E-state index in [1.165, 1.54) is 0 Å². The first-order chi connectivity index (χ1) is 8.63. The van der Waals surface area contributed by atoms with E-state index in [1.807, 2.05) is 0 Å². The van der Waals surface area contributed by atoms with Gasteiger partial charge in [0.05, 0.1) is 19.1 Å². The van der Waals surface area contributed by atoms with Crippen LogP contribution in [0.4, 0.5) is 0 Å². The summed E-state index contributed by atoms with van der Waals surface area (Å²) in [6.45, 7) is 2.96. The molecule has 1 amide bonds. The van der Waals surface area contributed by atoms with Crippen molar-refractivity contribution in [3.05, 3.63) is 0 Å². The number of β-amino-alcohol motifs (C(OH)–C–C–N with tert-alkyl or cyclic N) is 1. The van der Waals surface area contributed by atoms with Gasteiger partial charge in [0.1, 0.15) is 0 Å². The van der Waals surface area contributed by atoms with Crippen LogP contribution in [0.3, 0.4) is 0 Å². The third-order valence-corrected chi connectivity index (χ3v) is 3.06. The van der Waals surface area contributed by atoms with E-state index in [-0.39, 0.29) is 18.9 Å². The van der Waals surface area contributed by atoms with Crippen LogP contribution >= 0.6 is 0 Å². The summed E-state index contributed by atoms with van der Waals surface area (Å²) in [6.07, 6.45) is 3.79. The molecule has 0 spiro atoms. The molecular formula is C13H23NO4. The van der Waals surface area contributed by atoms with Gasteiger partial charge in [-0.25, -0.2) is 0 Å². The van der Waals surface area contributed by atoms with Crippen molar-refractivity contribution in [2.75, 3.05) is 19.7 Å². The minimum atomic E-state index is -0.826. The van der Waals surface area contributed by atoms with Gasteiger partial charge in [-0.3, -0.25) is 9.59 Å². The maximum absolute atomic E-state index is 11.8. The second kappa shape index (κ2) is 8.08. The van der Waals surface area contributed by atoms with Crippen LogP contribution in [0.15, 0.2) is 0 Å². The number of carbonyl (C=O) groups excluding carboxylic acids is 2. The first kappa shape index (κ1) is 15.0. The molecule has 1 N–H and O–H groups in total. The summed E-state index contributed by atoms with van der Waals surface area (Å²) in [5.41, 5.74) is 0. The lowest BCUT2D eigenvalue weighted by molar-refractivity contribution is -0.146. The van der Waals surface area contributed by atoms with Crippen LogP contribution in [0.1, 0.15) is 45.4 Å². The highest BCUT2D eigenvalue weighted by atomic mass is 16.5. The number of amides is 1. The van der Waals surface area contributed by atoms with Gasteiger partial charge in [0.25, 0.3) is 0 Å². The van der Waals surface area contributed by atoms with Gasteiger partial charge in [-0.2, -0.15) is 0 Å². The van der Waals surface area contributed by atoms with Gasteiger partial charge in [-0.05, 0) is 19.8 Å². The molecule has 1 aliphatic rings. The smallest absolute Gasteiger partial charge is 0.308 e. The Morgan fingerprint density at radius 3 is 2.83 bits per heavy atom. The summed E-state index contributed by atoms with van der Waals surface area (Å²) in [5, 5.41) is 9.78. The molecule has 1 atom stereocenters. The van der Waals surface area contributed by atoms with Crippen molar-refractivity contribution in [3.63, 3.8) is 0 Å². The molecule has 0 aromatic rings. The molecular weight excluding hydrogens is 234 g/mol. The summed E-state index contributed by atoms with van der Waals surface area (Å²) in [6, 6.07) is 0. The van der Waals surface area contributed by atoms with Crippen LogP contribution in [-0.2, 0) is 14.3 Å². The maximum Gasteiger partial charge on any atom is 0.308 e. The lowest BCUT2D eigenvalue weighted by Gasteiger charge is -2.26. The third kappa shape index (κ3) is 5.49. The number of hydrogen-bond donors (Lipinski definition) is 1. The summed E-state index contributed by atoms with van der Waals surface area (Å²) < 4.78 is 4.77. The Morgan fingerprint density at radius 1 is 1.39 bits per heavy atom. The van der Waals surface area contributed by atoms with E-state index in [9.17, 15) is 14.7 Å². The number of esters is 1. The first-order valence-corrected chi connectivity index (χ1v) is 6.75. The van der Waals surface area contributed by atoms with Gasteiger partial charge < -0.3 is 14.7 Å². The van der Waals surface area contributed by atoms with Crippen molar-refractivity contribution in [1.82, 2.24) is 4.90 Å². The van der Waals surface area contributed by atoms with E-state index < -0.39 is 12.1 Å². The zero-order valence-corrected chi connectivity index (χ0v) is 11.1. The predicted molar refractivity (Wildman–Crippen MR) is 66.9 cm³/mol. The Bertz CT molecular complexity index is 280. The standard InChI is InChI=1S/C13H23NO4/c1-2-18-13(17)9-11(15)10-14-8-6-4-3-5-7-12(14)16/h11,15H,2-10H2,1H3. The molecule has 5 heteroatoms. The predicted octanol–water partition coefficient (Wildman–Crippen LogP) is 1.09. The monoisotopic (exact) mass is 257 g/mol. The van der Waals surface area contributed by atoms with E-state index in [0.29, 0.717) is 19.6 Å². The molecule has 0 bridgehead atoms. The highest BCUT2D eigenvalue weighted by Crippen LogP contribution is 2.12. The number of aliphatic hydroxyl groups excluding tert-OH is 1. The number of hydrogen-bond acceptors (Lipinski definition) is 4. The van der Waals surface area contributed by atoms with Gasteiger partial charge in [0.15, 0.2) is 0 Å². The second-order valence-electron chi connectivity index (χ2n) is 4.67. The van der Waals surface area contributed by atoms with Gasteiger partial charge >= 0.3 is 5.97 Å². The van der Waals surface area contributed by atoms with Gasteiger partial charge in [0, 0.05) is 19.5 Å². The number of likely N-dealkylation sites (tertiary alicyclic amines) is 1. The summed E-state index contributed by atoms with van der Waals surface area (Å²) in [7, 11) is 0. The molecule has 104 valence electrons. The fraction of sp³-hybridized carbons (Fsp3) is 0.846. The van der Waals surface area contributed by atoms with Crippen molar-refractivity contribution in [3.8, 4) is 0 Å². The maximum atomic E-state index is 11.8. The van der Waals surface area contributed by atoms with Gasteiger partial charge in [-0.1, -0.05) is 12.8 Å². The molecule has 5 nitrogen and oxygen atoms in total. The minimum Gasteiger partial charge on any atom is -0.466 e. The number of ether oxygens (including phenoxy) is 1. The lowest BCUT2D eigenvalue weighted by Crippen LogP contribution is -2.39. The summed E-state index contributed by atoms with van der Waals surface area (Å²) in [4.78, 5) is 24.7. The van der Waals surface area contributed by atoms with Crippen molar-refractivity contribution in [1.29, 1.82) is 0 Å². The molecule has 18 heavy (non-hydrogen) atoms. The highest BCUT2D eigenvalue weighted by molar-refractivity contribution is 5.76. The molecule has 0 saturated carbocycles. The van der Waals surface area contributed by atoms with Crippen molar-refractivity contribution >= 4 is 11.9 Å². The minimum absolute atomic E-state index is 0.0440. The summed E-state index contributed by atoms with van der Waals surface area (Å²) in [5.74, 6) is -0.331. The quantitative estimate of drug-likeness (QED) is 0.749. The Morgan fingerprint density at radius 2 is 2.11 bits per heavy atom. The molecule has 1 heterocycles. The molecule has 0 aromatic heterocycles. The van der Waals surface area contributed by atoms with Crippen LogP contribution in [0.5, 0.6) is 0 Å². The Balaban J connectivity index is 2.37. The normalized spacial score (nSPS) is 19.0. The van der Waals surface area contributed by atoms with Crippen LogP contribution in [0.25, 0.3) is 0 Å². The molecule has 1 aliphatic heterocycles. The molecule has 0 aliphatic carbocycles. The topological polar surface area (TPSA) is 66.8 Å². The molecule has 0 radical (unpaired) electrons. The average molecular weight is 257 g/mol. The fourth-order valence-electron chi connectivity index (χ4n) is 2.14. The van der Waals surface area contributed by atoms with Crippen molar-refractivity contribution < 1.29 is 19.4 Å². The fourth-order valence-corrected chi connectivity index (χ4v) is 2.14. The van der Waals surface area contributed by atoms with Gasteiger partial charge in [0.2, 0.25) is 5.91 Å². The zero-order valence-electron chi connectivity index (χ0n) is 11.1. The van der Waals surface area contributed by atoms with E-state index in [2.05, 4.69) is 0 Å². The zero-order chi connectivity index (χ0) is 13.4. The van der Waals surface area contributed by atoms with Crippen molar-refractivity contribution in [2.45, 2.75) is 51.6 Å². The Labute approximate surface area is 108 Å². The van der Waals surface area contributed by atoms with Crippen LogP contribution in [0, 0.1) is 0 Å². The van der Waals surface area contributed by atoms with E-state index >= 15 is 0 Å². The number of nitrogens with zero attached hydrogens (tertiary/aromatic N) is 1. The number of aliphatic hydroxyl groups is 1. The van der Waals surface area contributed by atoms with Crippen LogP contribution < -0.4 is 0 Å². The van der Waals surface area contributed by atoms with E-state index in [1.54, 1.807) is 11.8 Å². The molecule has 1 saturated heterocycles.